The normalized spacial score (nSPS) is 19.9. The summed E-state index contributed by atoms with van der Waals surface area (Å²) in [4.78, 5) is 14.2. The molecule has 10 heteroatoms. The van der Waals surface area contributed by atoms with Crippen LogP contribution in [0.25, 0.3) is 0 Å². The predicted octanol–water partition coefficient (Wildman–Crippen LogP) is 6.56. The number of nitrogens with zero attached hydrogens (tertiary/aromatic N) is 2. The Labute approximate surface area is 258 Å². The number of halogens is 1. The topological polar surface area (TPSA) is 90.9 Å². The molecule has 0 amide bonds. The monoisotopic (exact) mass is 609 g/mol. The molecule has 43 heavy (non-hydrogen) atoms. The Morgan fingerprint density at radius 2 is 1.88 bits per heavy atom. The maximum Gasteiger partial charge on any atom is 0.142 e. The maximum atomic E-state index is 11.9. The Morgan fingerprint density at radius 3 is 2.63 bits per heavy atom. The van der Waals surface area contributed by atoms with E-state index in [1.54, 1.807) is 19.2 Å². The van der Waals surface area contributed by atoms with Crippen molar-refractivity contribution in [2.75, 3.05) is 51.4 Å². The third kappa shape index (κ3) is 7.97. The molecule has 2 aliphatic heterocycles. The van der Waals surface area contributed by atoms with E-state index in [4.69, 9.17) is 35.3 Å². The highest BCUT2D eigenvalue weighted by Gasteiger charge is 2.36. The van der Waals surface area contributed by atoms with Crippen LogP contribution in [0.15, 0.2) is 65.8 Å². The average molecular weight is 610 g/mol. The minimum Gasteiger partial charge on any atom is -0.490 e. The molecule has 1 saturated heterocycles. The highest BCUT2D eigenvalue weighted by molar-refractivity contribution is 6.32. The molecular weight excluding hydrogens is 570 g/mol. The first-order chi connectivity index (χ1) is 20.9. The molecule has 0 spiro atoms. The van der Waals surface area contributed by atoms with Gasteiger partial charge in [0, 0.05) is 45.3 Å². The zero-order chi connectivity index (χ0) is 30.2. The molecular formula is C33H40ClN3O6. The van der Waals surface area contributed by atoms with Gasteiger partial charge in [-0.3, -0.25) is 0 Å². The van der Waals surface area contributed by atoms with Gasteiger partial charge in [-0.25, -0.2) is 0 Å². The van der Waals surface area contributed by atoms with E-state index in [0.29, 0.717) is 48.6 Å². The summed E-state index contributed by atoms with van der Waals surface area (Å²) >= 11 is 6.38. The van der Waals surface area contributed by atoms with Crippen molar-refractivity contribution in [1.82, 2.24) is 5.32 Å². The van der Waals surface area contributed by atoms with Gasteiger partial charge in [0.05, 0.1) is 36.1 Å². The smallest absolute Gasteiger partial charge is 0.142 e. The number of rotatable bonds is 13. The standard InChI is InChI=1S/C33H40ClN3O6/c1-22(2)42-30-12-10-26(18-27(30)34)43-25-8-6-24(7-9-25)33-28(36-38)19-35-20-32(33)41-21-23-5-11-31-29(17-23)37(14-16-40-31)13-4-15-39-3/h5-12,17-18,22,28,32-33,35H,4,13-16,19-21H2,1-3H3/t28-,32+,33+/m1/s1. The minimum absolute atomic E-state index is 0.0264. The third-order valence-electron chi connectivity index (χ3n) is 7.64. The number of benzene rings is 3. The van der Waals surface area contributed by atoms with Gasteiger partial charge in [-0.2, -0.15) is 4.91 Å². The zero-order valence-electron chi connectivity index (χ0n) is 25.0. The van der Waals surface area contributed by atoms with Crippen LogP contribution < -0.4 is 24.4 Å². The van der Waals surface area contributed by atoms with Crippen molar-refractivity contribution < 1.29 is 23.7 Å². The molecule has 3 atom stereocenters. The highest BCUT2D eigenvalue weighted by atomic mass is 35.5. The number of ether oxygens (including phenoxy) is 5. The fraction of sp³-hybridized carbons (Fsp3) is 0.455. The van der Waals surface area contributed by atoms with E-state index < -0.39 is 6.04 Å². The van der Waals surface area contributed by atoms with Gasteiger partial charge in [0.15, 0.2) is 0 Å². The molecule has 0 saturated carbocycles. The number of fused-ring (bicyclic) bond motifs is 1. The van der Waals surface area contributed by atoms with E-state index in [0.717, 1.165) is 48.7 Å². The number of anilines is 1. The number of piperidine rings is 1. The number of hydrogen-bond donors (Lipinski definition) is 1. The molecule has 0 radical (unpaired) electrons. The Kier molecular flexibility index (Phi) is 10.8. The summed E-state index contributed by atoms with van der Waals surface area (Å²) < 4.78 is 29.4. The molecule has 5 rings (SSSR count). The van der Waals surface area contributed by atoms with Crippen molar-refractivity contribution in [3.63, 3.8) is 0 Å². The van der Waals surface area contributed by atoms with Gasteiger partial charge in [0.2, 0.25) is 0 Å². The molecule has 2 aliphatic rings. The second kappa shape index (κ2) is 14.9. The molecule has 0 unspecified atom stereocenters. The molecule has 1 N–H and O–H groups in total. The van der Waals surface area contributed by atoms with Gasteiger partial charge in [-0.05, 0) is 67.8 Å². The van der Waals surface area contributed by atoms with Crippen LogP contribution in [0, 0.1) is 4.91 Å². The molecule has 2 heterocycles. The number of hydrogen-bond acceptors (Lipinski definition) is 9. The maximum absolute atomic E-state index is 11.9. The second-order valence-electron chi connectivity index (χ2n) is 11.1. The average Bonchev–Trinajstić information content (AvgIpc) is 3.01. The Balaban J connectivity index is 1.26. The lowest BCUT2D eigenvalue weighted by Gasteiger charge is -2.36. The Morgan fingerprint density at radius 1 is 1.07 bits per heavy atom. The minimum atomic E-state index is -0.453. The number of nitroso groups, excluding NO2 is 1. The van der Waals surface area contributed by atoms with E-state index in [2.05, 4.69) is 21.5 Å². The van der Waals surface area contributed by atoms with Gasteiger partial charge in [-0.15, -0.1) is 0 Å². The largest absolute Gasteiger partial charge is 0.490 e. The third-order valence-corrected chi connectivity index (χ3v) is 7.93. The van der Waals surface area contributed by atoms with Crippen LogP contribution in [0.2, 0.25) is 5.02 Å². The van der Waals surface area contributed by atoms with E-state index >= 15 is 0 Å². The fourth-order valence-corrected chi connectivity index (χ4v) is 5.82. The molecule has 0 aliphatic carbocycles. The second-order valence-corrected chi connectivity index (χ2v) is 11.5. The quantitative estimate of drug-likeness (QED) is 0.172. The SMILES string of the molecule is COCCCN1CCOc2ccc(CO[C@H]3CNC[C@@H](N=O)[C@@H]3c3ccc(Oc4ccc(OC(C)C)c(Cl)c4)cc3)cc21. The first-order valence-electron chi connectivity index (χ1n) is 14.8. The lowest BCUT2D eigenvalue weighted by atomic mass is 9.84. The molecule has 3 aromatic rings. The zero-order valence-corrected chi connectivity index (χ0v) is 25.7. The van der Waals surface area contributed by atoms with E-state index in [1.165, 1.54) is 0 Å². The van der Waals surface area contributed by atoms with Crippen molar-refractivity contribution in [2.24, 2.45) is 5.18 Å². The van der Waals surface area contributed by atoms with Crippen molar-refractivity contribution in [2.45, 2.75) is 51.0 Å². The summed E-state index contributed by atoms with van der Waals surface area (Å²) in [6, 6.07) is 18.9. The van der Waals surface area contributed by atoms with Gasteiger partial charge < -0.3 is 33.9 Å². The van der Waals surface area contributed by atoms with Crippen molar-refractivity contribution >= 4 is 17.3 Å². The summed E-state index contributed by atoms with van der Waals surface area (Å²) in [5.41, 5.74) is 3.10. The number of nitrogens with one attached hydrogen (secondary N) is 1. The Hall–Kier alpha value is -3.37. The summed E-state index contributed by atoms with van der Waals surface area (Å²) in [7, 11) is 1.73. The van der Waals surface area contributed by atoms with E-state index in [1.807, 2.05) is 56.3 Å². The molecule has 9 nitrogen and oxygen atoms in total. The van der Waals surface area contributed by atoms with Gasteiger partial charge in [-0.1, -0.05) is 35.0 Å². The molecule has 1 fully saturated rings. The lowest BCUT2D eigenvalue weighted by molar-refractivity contribution is 0.00539. The lowest BCUT2D eigenvalue weighted by Crippen LogP contribution is -2.48. The molecule has 0 bridgehead atoms. The van der Waals surface area contributed by atoms with Crippen LogP contribution in [-0.2, 0) is 16.1 Å². The number of methoxy groups -OCH3 is 1. The van der Waals surface area contributed by atoms with Crippen LogP contribution in [0.5, 0.6) is 23.0 Å². The predicted molar refractivity (Wildman–Crippen MR) is 168 cm³/mol. The van der Waals surface area contributed by atoms with Crippen molar-refractivity contribution in [3.8, 4) is 23.0 Å². The van der Waals surface area contributed by atoms with Gasteiger partial charge >= 0.3 is 0 Å². The van der Waals surface area contributed by atoms with E-state index in [-0.39, 0.29) is 18.1 Å². The van der Waals surface area contributed by atoms with Crippen LogP contribution in [0.1, 0.15) is 37.3 Å². The summed E-state index contributed by atoms with van der Waals surface area (Å²) in [6.07, 6.45) is 0.739. The molecule has 0 aromatic heterocycles. The summed E-state index contributed by atoms with van der Waals surface area (Å²) in [5.74, 6) is 2.58. The van der Waals surface area contributed by atoms with E-state index in [9.17, 15) is 4.91 Å². The Bertz CT molecular complexity index is 1350. The first-order valence-corrected chi connectivity index (χ1v) is 15.2. The fourth-order valence-electron chi connectivity index (χ4n) is 5.61. The highest BCUT2D eigenvalue weighted by Crippen LogP contribution is 2.36. The molecule has 3 aromatic carbocycles. The van der Waals surface area contributed by atoms with Crippen LogP contribution in [0.4, 0.5) is 5.69 Å². The first kappa shape index (κ1) is 31.1. The summed E-state index contributed by atoms with van der Waals surface area (Å²) in [5, 5.41) is 7.26. The van der Waals surface area contributed by atoms with Crippen LogP contribution in [-0.4, -0.2) is 64.8 Å². The van der Waals surface area contributed by atoms with Gasteiger partial charge in [0.25, 0.3) is 0 Å². The molecule has 230 valence electrons. The summed E-state index contributed by atoms with van der Waals surface area (Å²) in [6.45, 7) is 8.57. The van der Waals surface area contributed by atoms with Crippen molar-refractivity contribution in [1.29, 1.82) is 0 Å². The van der Waals surface area contributed by atoms with Crippen molar-refractivity contribution in [3.05, 3.63) is 81.7 Å². The van der Waals surface area contributed by atoms with Crippen LogP contribution in [0.3, 0.4) is 0 Å². The van der Waals surface area contributed by atoms with Gasteiger partial charge in [0.1, 0.15) is 35.6 Å². The van der Waals surface area contributed by atoms with Crippen LogP contribution >= 0.6 is 11.6 Å².